The molecule has 1 amide bonds. The lowest BCUT2D eigenvalue weighted by Gasteiger charge is -2.12. The lowest BCUT2D eigenvalue weighted by atomic mass is 10.1. The van der Waals surface area contributed by atoms with Crippen molar-refractivity contribution in [3.05, 3.63) is 58.6 Å². The second-order valence-corrected chi connectivity index (χ2v) is 6.51. The minimum absolute atomic E-state index is 0.248. The van der Waals surface area contributed by atoms with E-state index in [-0.39, 0.29) is 5.91 Å². The quantitative estimate of drug-likeness (QED) is 0.423. The van der Waals surface area contributed by atoms with Crippen LogP contribution in [0.3, 0.4) is 0 Å². The summed E-state index contributed by atoms with van der Waals surface area (Å²) in [5.41, 5.74) is 2.38. The van der Waals surface area contributed by atoms with Gasteiger partial charge >= 0.3 is 5.97 Å². The van der Waals surface area contributed by atoms with Crippen LogP contribution >= 0.6 is 11.6 Å². The summed E-state index contributed by atoms with van der Waals surface area (Å²) in [7, 11) is 0. The fraction of sp³-hybridized carbons (Fsp3) is 0.190. The number of hydrazone groups is 1. The number of carbonyl (C=O) groups excluding carboxylic acids is 2. The minimum Gasteiger partial charge on any atom is -0.490 e. The van der Waals surface area contributed by atoms with Gasteiger partial charge in [-0.05, 0) is 55.8 Å². The molecule has 0 radical (unpaired) electrons. The number of esters is 1. The Morgan fingerprint density at radius 1 is 1.21 bits per heavy atom. The van der Waals surface area contributed by atoms with Crippen LogP contribution in [0.4, 0.5) is 5.69 Å². The number of halogens is 1. The maximum atomic E-state index is 12.9. The average Bonchev–Trinajstić information content (AvgIpc) is 2.92. The Morgan fingerprint density at radius 2 is 2.00 bits per heavy atom. The predicted molar refractivity (Wildman–Crippen MR) is 109 cm³/mol. The van der Waals surface area contributed by atoms with Crippen LogP contribution in [0.5, 0.6) is 11.5 Å². The number of benzene rings is 2. The van der Waals surface area contributed by atoms with Crippen molar-refractivity contribution >= 4 is 41.0 Å². The molecule has 2 aromatic carbocycles. The molecule has 1 aliphatic rings. The number of ether oxygens (including phenoxy) is 2. The predicted octanol–water partition coefficient (Wildman–Crippen LogP) is 4.47. The topological polar surface area (TPSA) is 68.2 Å². The number of anilines is 1. The van der Waals surface area contributed by atoms with Crippen LogP contribution in [0, 0.1) is 0 Å². The summed E-state index contributed by atoms with van der Waals surface area (Å²) in [4.78, 5) is 24.1. The number of rotatable bonds is 5. The fourth-order valence-corrected chi connectivity index (χ4v) is 2.94. The van der Waals surface area contributed by atoms with E-state index < -0.39 is 5.97 Å². The highest BCUT2D eigenvalue weighted by molar-refractivity contribution is 6.33. The molecule has 0 spiro atoms. The molecule has 1 heterocycles. The Bertz CT molecular complexity index is 998. The van der Waals surface area contributed by atoms with Crippen molar-refractivity contribution in [2.45, 2.75) is 20.8 Å². The zero-order chi connectivity index (χ0) is 20.3. The van der Waals surface area contributed by atoms with Crippen molar-refractivity contribution in [2.75, 3.05) is 11.6 Å². The lowest BCUT2D eigenvalue weighted by molar-refractivity contribution is -0.132. The van der Waals surface area contributed by atoms with Gasteiger partial charge in [-0.2, -0.15) is 10.1 Å². The number of hydrogen-bond acceptors (Lipinski definition) is 5. The third-order valence-electron chi connectivity index (χ3n) is 3.95. The molecular weight excluding hydrogens is 380 g/mol. The number of amides is 1. The Balaban J connectivity index is 1.93. The molecule has 0 aromatic heterocycles. The van der Waals surface area contributed by atoms with E-state index in [0.717, 1.165) is 5.56 Å². The zero-order valence-corrected chi connectivity index (χ0v) is 16.5. The van der Waals surface area contributed by atoms with Gasteiger partial charge in [-0.15, -0.1) is 0 Å². The van der Waals surface area contributed by atoms with Crippen LogP contribution < -0.4 is 14.5 Å². The Hall–Kier alpha value is -3.12. The van der Waals surface area contributed by atoms with E-state index in [4.69, 9.17) is 21.1 Å². The SMILES string of the molecule is CCOc1cc(/C=C2\C(=O)N(c3cccc(Cl)c3)N=C2C)ccc1OC(C)=O. The van der Waals surface area contributed by atoms with Gasteiger partial charge in [-0.3, -0.25) is 9.59 Å². The van der Waals surface area contributed by atoms with Crippen LogP contribution in [0.25, 0.3) is 6.08 Å². The van der Waals surface area contributed by atoms with Crippen molar-refractivity contribution < 1.29 is 19.1 Å². The molecule has 6 nitrogen and oxygen atoms in total. The summed E-state index contributed by atoms with van der Waals surface area (Å²) >= 11 is 6.02. The van der Waals surface area contributed by atoms with Crippen LogP contribution in [-0.4, -0.2) is 24.2 Å². The maximum absolute atomic E-state index is 12.9. The maximum Gasteiger partial charge on any atom is 0.308 e. The van der Waals surface area contributed by atoms with Crippen molar-refractivity contribution in [1.82, 2.24) is 0 Å². The first-order valence-electron chi connectivity index (χ1n) is 8.71. The van der Waals surface area contributed by atoms with Crippen LogP contribution in [-0.2, 0) is 9.59 Å². The highest BCUT2D eigenvalue weighted by atomic mass is 35.5. The molecule has 0 N–H and O–H groups in total. The first-order chi connectivity index (χ1) is 13.4. The smallest absolute Gasteiger partial charge is 0.308 e. The first-order valence-corrected chi connectivity index (χ1v) is 9.09. The molecular formula is C21H19ClN2O4. The Labute approximate surface area is 168 Å². The number of nitrogens with zero attached hydrogens (tertiary/aromatic N) is 2. The van der Waals surface area contributed by atoms with Gasteiger partial charge in [0.1, 0.15) is 0 Å². The summed E-state index contributed by atoms with van der Waals surface area (Å²) in [6, 6.07) is 12.1. The summed E-state index contributed by atoms with van der Waals surface area (Å²) in [5.74, 6) is 0.0823. The van der Waals surface area contributed by atoms with E-state index in [1.165, 1.54) is 11.9 Å². The van der Waals surface area contributed by atoms with Crippen LogP contribution in [0.1, 0.15) is 26.3 Å². The van der Waals surface area contributed by atoms with E-state index in [2.05, 4.69) is 5.10 Å². The summed E-state index contributed by atoms with van der Waals surface area (Å²) in [6.07, 6.45) is 1.73. The largest absolute Gasteiger partial charge is 0.490 e. The molecule has 0 fully saturated rings. The molecule has 1 aliphatic heterocycles. The molecule has 0 bridgehead atoms. The monoisotopic (exact) mass is 398 g/mol. The van der Waals surface area contributed by atoms with E-state index in [9.17, 15) is 9.59 Å². The van der Waals surface area contributed by atoms with Gasteiger partial charge in [0.2, 0.25) is 0 Å². The number of carbonyl (C=O) groups is 2. The highest BCUT2D eigenvalue weighted by Gasteiger charge is 2.28. The van der Waals surface area contributed by atoms with E-state index in [1.807, 2.05) is 6.92 Å². The third-order valence-corrected chi connectivity index (χ3v) is 4.18. The molecule has 0 saturated heterocycles. The van der Waals surface area contributed by atoms with E-state index in [1.54, 1.807) is 55.5 Å². The first kappa shape index (κ1) is 19.6. The molecule has 144 valence electrons. The van der Waals surface area contributed by atoms with Gasteiger partial charge in [0.15, 0.2) is 11.5 Å². The fourth-order valence-electron chi connectivity index (χ4n) is 2.76. The van der Waals surface area contributed by atoms with Crippen molar-refractivity contribution in [3.63, 3.8) is 0 Å². The third kappa shape index (κ3) is 4.23. The molecule has 2 aromatic rings. The standard InChI is InChI=1S/C21H19ClN2O4/c1-4-27-20-11-15(8-9-19(20)28-14(3)25)10-18-13(2)23-24(21(18)26)17-7-5-6-16(22)12-17/h5-12H,4H2,1-3H3/b18-10-. The van der Waals surface area contributed by atoms with Gasteiger partial charge in [0, 0.05) is 11.9 Å². The van der Waals surface area contributed by atoms with Crippen molar-refractivity contribution in [3.8, 4) is 11.5 Å². The van der Waals surface area contributed by atoms with Gasteiger partial charge in [-0.25, -0.2) is 0 Å². The Morgan fingerprint density at radius 3 is 2.68 bits per heavy atom. The van der Waals surface area contributed by atoms with Gasteiger partial charge < -0.3 is 9.47 Å². The van der Waals surface area contributed by atoms with Crippen molar-refractivity contribution in [1.29, 1.82) is 0 Å². The number of hydrogen-bond donors (Lipinski definition) is 0. The molecule has 3 rings (SSSR count). The van der Waals surface area contributed by atoms with Gasteiger partial charge in [0.05, 0.1) is 23.6 Å². The van der Waals surface area contributed by atoms with Crippen LogP contribution in [0.2, 0.25) is 5.02 Å². The van der Waals surface area contributed by atoms with Gasteiger partial charge in [0.25, 0.3) is 5.91 Å². The van der Waals surface area contributed by atoms with Crippen molar-refractivity contribution in [2.24, 2.45) is 5.10 Å². The Kier molecular flexibility index (Phi) is 5.80. The van der Waals surface area contributed by atoms with Crippen LogP contribution in [0.15, 0.2) is 53.1 Å². The summed E-state index contributed by atoms with van der Waals surface area (Å²) < 4.78 is 10.7. The molecule has 0 aliphatic carbocycles. The van der Waals surface area contributed by atoms with E-state index >= 15 is 0 Å². The molecule has 0 unspecified atom stereocenters. The normalized spacial score (nSPS) is 15.0. The molecule has 0 atom stereocenters. The average molecular weight is 399 g/mol. The minimum atomic E-state index is -0.432. The summed E-state index contributed by atoms with van der Waals surface area (Å²) in [6.45, 7) is 5.34. The highest BCUT2D eigenvalue weighted by Crippen LogP contribution is 2.31. The second-order valence-electron chi connectivity index (χ2n) is 6.07. The molecule has 28 heavy (non-hydrogen) atoms. The summed E-state index contributed by atoms with van der Waals surface area (Å²) in [5, 5.41) is 6.20. The van der Waals surface area contributed by atoms with E-state index in [0.29, 0.717) is 40.1 Å². The van der Waals surface area contributed by atoms with Gasteiger partial charge in [-0.1, -0.05) is 23.7 Å². The molecule has 7 heteroatoms. The second kappa shape index (κ2) is 8.27. The lowest BCUT2D eigenvalue weighted by Crippen LogP contribution is -2.21. The zero-order valence-electron chi connectivity index (χ0n) is 15.7. The molecule has 0 saturated carbocycles.